The van der Waals surface area contributed by atoms with Gasteiger partial charge in [-0.3, -0.25) is 4.90 Å². The van der Waals surface area contributed by atoms with Crippen LogP contribution in [0, 0.1) is 0 Å². The van der Waals surface area contributed by atoms with Crippen molar-refractivity contribution in [2.24, 2.45) is 0 Å². The molecule has 0 radical (unpaired) electrons. The number of likely N-dealkylation sites (N-methyl/N-ethyl adjacent to an activating group) is 2. The minimum atomic E-state index is 0.307. The van der Waals surface area contributed by atoms with Gasteiger partial charge in [-0.1, -0.05) is 0 Å². The zero-order chi connectivity index (χ0) is 13.0. The first-order valence-electron chi connectivity index (χ1n) is 6.55. The van der Waals surface area contributed by atoms with Gasteiger partial charge in [-0.2, -0.15) is 0 Å². The molecule has 0 saturated carbocycles. The average molecular weight is 249 g/mol. The highest BCUT2D eigenvalue weighted by Crippen LogP contribution is 2.19. The molecule has 5 heteroatoms. The molecule has 1 atom stereocenters. The van der Waals surface area contributed by atoms with Gasteiger partial charge in [-0.05, 0) is 40.7 Å². The summed E-state index contributed by atoms with van der Waals surface area (Å²) >= 11 is 0. The van der Waals surface area contributed by atoms with Gasteiger partial charge in [0.2, 0.25) is 0 Å². The fraction of sp³-hybridized carbons (Fsp3) is 0.692. The van der Waals surface area contributed by atoms with E-state index >= 15 is 0 Å². The Bertz CT molecular complexity index is 364. The summed E-state index contributed by atoms with van der Waals surface area (Å²) in [7, 11) is 6.26. The van der Waals surface area contributed by atoms with Gasteiger partial charge in [-0.25, -0.2) is 9.97 Å². The Morgan fingerprint density at radius 2 is 2.00 bits per heavy atom. The van der Waals surface area contributed by atoms with Gasteiger partial charge < -0.3 is 10.2 Å². The van der Waals surface area contributed by atoms with Crippen molar-refractivity contribution in [2.45, 2.75) is 19.0 Å². The maximum Gasteiger partial charge on any atom is 0.146 e. The zero-order valence-corrected chi connectivity index (χ0v) is 11.6. The maximum atomic E-state index is 4.53. The molecule has 0 aliphatic carbocycles. The lowest BCUT2D eigenvalue weighted by Gasteiger charge is -2.25. The quantitative estimate of drug-likeness (QED) is 0.845. The second kappa shape index (κ2) is 6.22. The van der Waals surface area contributed by atoms with Gasteiger partial charge in [0.1, 0.15) is 5.82 Å². The second-order valence-corrected chi connectivity index (χ2v) is 5.09. The van der Waals surface area contributed by atoms with Crippen LogP contribution >= 0.6 is 0 Å². The Morgan fingerprint density at radius 1 is 1.28 bits per heavy atom. The number of aromatic nitrogens is 2. The van der Waals surface area contributed by atoms with Crippen molar-refractivity contribution >= 4 is 0 Å². The van der Waals surface area contributed by atoms with Crippen LogP contribution in [0.5, 0.6) is 0 Å². The van der Waals surface area contributed by atoms with Crippen LogP contribution in [0.2, 0.25) is 0 Å². The van der Waals surface area contributed by atoms with Crippen molar-refractivity contribution in [1.82, 2.24) is 25.1 Å². The summed E-state index contributed by atoms with van der Waals surface area (Å²) in [6, 6.07) is 0.307. The summed E-state index contributed by atoms with van der Waals surface area (Å²) in [5.41, 5.74) is 1.13. The van der Waals surface area contributed by atoms with E-state index in [1.165, 1.54) is 6.42 Å². The lowest BCUT2D eigenvalue weighted by molar-refractivity contribution is 0.219. The van der Waals surface area contributed by atoms with Crippen LogP contribution in [-0.4, -0.2) is 60.5 Å². The molecule has 100 valence electrons. The van der Waals surface area contributed by atoms with E-state index < -0.39 is 0 Å². The molecule has 1 aromatic heterocycles. The number of hydrogen-bond donors (Lipinski definition) is 1. The van der Waals surface area contributed by atoms with E-state index in [9.17, 15) is 0 Å². The number of hydrogen-bond acceptors (Lipinski definition) is 5. The Kier molecular flexibility index (Phi) is 4.63. The molecule has 1 aliphatic heterocycles. The van der Waals surface area contributed by atoms with Gasteiger partial charge in [0.05, 0.1) is 6.04 Å². The van der Waals surface area contributed by atoms with Crippen LogP contribution in [0.25, 0.3) is 0 Å². The number of rotatable bonds is 3. The van der Waals surface area contributed by atoms with Gasteiger partial charge in [0.25, 0.3) is 0 Å². The van der Waals surface area contributed by atoms with Crippen LogP contribution in [0.1, 0.15) is 23.9 Å². The van der Waals surface area contributed by atoms with E-state index in [1.54, 1.807) is 0 Å². The highest BCUT2D eigenvalue weighted by atomic mass is 15.2. The lowest BCUT2D eigenvalue weighted by atomic mass is 10.2. The smallest absolute Gasteiger partial charge is 0.146 e. The Morgan fingerprint density at radius 3 is 2.67 bits per heavy atom. The Balaban J connectivity index is 2.12. The van der Waals surface area contributed by atoms with E-state index in [-0.39, 0.29) is 0 Å². The Hall–Kier alpha value is -1.04. The van der Waals surface area contributed by atoms with Gasteiger partial charge in [0, 0.05) is 31.0 Å². The first-order chi connectivity index (χ1) is 8.70. The third-order valence-corrected chi connectivity index (χ3v) is 3.47. The third kappa shape index (κ3) is 3.25. The normalized spacial score (nSPS) is 22.9. The van der Waals surface area contributed by atoms with Crippen LogP contribution in [0.15, 0.2) is 12.4 Å². The molecule has 5 nitrogen and oxygen atoms in total. The highest BCUT2D eigenvalue weighted by Gasteiger charge is 2.23. The minimum Gasteiger partial charge on any atom is -0.316 e. The van der Waals surface area contributed by atoms with Crippen molar-refractivity contribution in [1.29, 1.82) is 0 Å². The SMILES string of the molecule is CNCc1cnc(C2CN(C)CCCN2C)nc1. The van der Waals surface area contributed by atoms with Crippen molar-refractivity contribution in [3.63, 3.8) is 0 Å². The van der Waals surface area contributed by atoms with E-state index in [0.717, 1.165) is 37.6 Å². The van der Waals surface area contributed by atoms with Crippen LogP contribution < -0.4 is 5.32 Å². The molecule has 1 aliphatic rings. The van der Waals surface area contributed by atoms with Crippen LogP contribution in [0.3, 0.4) is 0 Å². The molecule has 1 fully saturated rings. The molecule has 0 spiro atoms. The first-order valence-corrected chi connectivity index (χ1v) is 6.55. The largest absolute Gasteiger partial charge is 0.316 e. The monoisotopic (exact) mass is 249 g/mol. The van der Waals surface area contributed by atoms with E-state index in [0.29, 0.717) is 6.04 Å². The molecule has 1 saturated heterocycles. The predicted octanol–water partition coefficient (Wildman–Crippen LogP) is 0.504. The van der Waals surface area contributed by atoms with Crippen molar-refractivity contribution in [3.8, 4) is 0 Å². The van der Waals surface area contributed by atoms with E-state index in [4.69, 9.17) is 0 Å². The van der Waals surface area contributed by atoms with Crippen molar-refractivity contribution in [3.05, 3.63) is 23.8 Å². The molecule has 2 rings (SSSR count). The molecule has 1 aromatic rings. The molecule has 1 unspecified atom stereocenters. The zero-order valence-electron chi connectivity index (χ0n) is 11.6. The summed E-state index contributed by atoms with van der Waals surface area (Å²) in [6.45, 7) is 4.08. The minimum absolute atomic E-state index is 0.307. The molecule has 0 aromatic carbocycles. The lowest BCUT2D eigenvalue weighted by Crippen LogP contribution is -2.31. The summed E-state index contributed by atoms with van der Waals surface area (Å²) in [5.74, 6) is 0.936. The summed E-state index contributed by atoms with van der Waals surface area (Å²) in [5, 5.41) is 3.11. The first kappa shape index (κ1) is 13.4. The summed E-state index contributed by atoms with van der Waals surface area (Å²) in [4.78, 5) is 13.8. The number of nitrogens with zero attached hydrogens (tertiary/aromatic N) is 4. The molecular formula is C13H23N5. The van der Waals surface area contributed by atoms with Gasteiger partial charge >= 0.3 is 0 Å². The predicted molar refractivity (Wildman–Crippen MR) is 72.3 cm³/mol. The van der Waals surface area contributed by atoms with E-state index in [2.05, 4.69) is 39.2 Å². The fourth-order valence-corrected chi connectivity index (χ4v) is 2.38. The van der Waals surface area contributed by atoms with Gasteiger partial charge in [-0.15, -0.1) is 0 Å². The molecule has 0 amide bonds. The molecule has 2 heterocycles. The van der Waals surface area contributed by atoms with E-state index in [1.807, 2.05) is 19.4 Å². The van der Waals surface area contributed by atoms with Crippen molar-refractivity contribution in [2.75, 3.05) is 40.8 Å². The van der Waals surface area contributed by atoms with Crippen LogP contribution in [0.4, 0.5) is 0 Å². The standard InChI is InChI=1S/C13H23N5/c1-14-7-11-8-15-13(16-9-11)12-10-17(2)5-4-6-18(12)3/h8-9,12,14H,4-7,10H2,1-3H3. The Labute approximate surface area is 109 Å². The summed E-state index contributed by atoms with van der Waals surface area (Å²) in [6.07, 6.45) is 5.07. The molecular weight excluding hydrogens is 226 g/mol. The fourth-order valence-electron chi connectivity index (χ4n) is 2.38. The third-order valence-electron chi connectivity index (χ3n) is 3.47. The molecule has 18 heavy (non-hydrogen) atoms. The second-order valence-electron chi connectivity index (χ2n) is 5.09. The average Bonchev–Trinajstić information content (AvgIpc) is 2.53. The molecule has 0 bridgehead atoms. The van der Waals surface area contributed by atoms with Crippen LogP contribution in [-0.2, 0) is 6.54 Å². The number of nitrogens with one attached hydrogen (secondary N) is 1. The highest BCUT2D eigenvalue weighted by molar-refractivity contribution is 5.07. The maximum absolute atomic E-state index is 4.53. The topological polar surface area (TPSA) is 44.3 Å². The van der Waals surface area contributed by atoms with Gasteiger partial charge in [0.15, 0.2) is 0 Å². The molecule has 1 N–H and O–H groups in total. The summed E-state index contributed by atoms with van der Waals surface area (Å²) < 4.78 is 0. The van der Waals surface area contributed by atoms with Crippen molar-refractivity contribution < 1.29 is 0 Å².